The Morgan fingerprint density at radius 2 is 1.60 bits per heavy atom. The first-order chi connectivity index (χ1) is 14.4. The SMILES string of the molecule is Cc1cc(-c2ccccc2C)c(C)cc1OCc1c(C)cccc1NC(=O)NNN. The fourth-order valence-corrected chi connectivity index (χ4v) is 3.49. The second-order valence-electron chi connectivity index (χ2n) is 7.36. The van der Waals surface area contributed by atoms with Crippen LogP contribution < -0.4 is 26.9 Å². The molecule has 0 spiro atoms. The number of benzene rings is 3. The molecular weight excluding hydrogens is 376 g/mol. The maximum Gasteiger partial charge on any atom is 0.334 e. The largest absolute Gasteiger partial charge is 0.489 e. The Balaban J connectivity index is 1.84. The van der Waals surface area contributed by atoms with Crippen molar-refractivity contribution in [3.63, 3.8) is 0 Å². The first kappa shape index (κ1) is 21.4. The first-order valence-electron chi connectivity index (χ1n) is 9.82. The van der Waals surface area contributed by atoms with Crippen molar-refractivity contribution < 1.29 is 9.53 Å². The van der Waals surface area contributed by atoms with Crippen LogP contribution in [0.25, 0.3) is 11.1 Å². The number of urea groups is 1. The molecule has 0 unspecified atom stereocenters. The van der Waals surface area contributed by atoms with E-state index in [0.29, 0.717) is 12.3 Å². The molecule has 0 radical (unpaired) electrons. The van der Waals surface area contributed by atoms with Gasteiger partial charge in [0.05, 0.1) is 0 Å². The molecule has 5 N–H and O–H groups in total. The van der Waals surface area contributed by atoms with E-state index in [-0.39, 0.29) is 0 Å². The van der Waals surface area contributed by atoms with E-state index in [1.165, 1.54) is 16.7 Å². The summed E-state index contributed by atoms with van der Waals surface area (Å²) >= 11 is 0. The second-order valence-corrected chi connectivity index (χ2v) is 7.36. The summed E-state index contributed by atoms with van der Waals surface area (Å²) in [5.74, 6) is 5.96. The third-order valence-corrected chi connectivity index (χ3v) is 5.17. The molecular formula is C24H28N4O2. The Labute approximate surface area is 177 Å². The van der Waals surface area contributed by atoms with Gasteiger partial charge in [-0.2, -0.15) is 5.53 Å². The number of nitrogens with one attached hydrogen (secondary N) is 3. The Kier molecular flexibility index (Phi) is 6.72. The predicted octanol–water partition coefficient (Wildman–Crippen LogP) is 4.67. The normalized spacial score (nSPS) is 10.6. The average Bonchev–Trinajstić information content (AvgIpc) is 2.70. The van der Waals surface area contributed by atoms with E-state index in [0.717, 1.165) is 28.0 Å². The summed E-state index contributed by atoms with van der Waals surface area (Å²) in [4.78, 5) is 11.8. The van der Waals surface area contributed by atoms with Crippen molar-refractivity contribution in [1.82, 2.24) is 11.0 Å². The van der Waals surface area contributed by atoms with Crippen LogP contribution in [0.15, 0.2) is 54.6 Å². The van der Waals surface area contributed by atoms with E-state index in [1.807, 2.05) is 32.0 Å². The number of hydrogen-bond acceptors (Lipinski definition) is 4. The quantitative estimate of drug-likeness (QED) is 0.355. The number of carbonyl (C=O) groups excluding carboxylic acids is 1. The number of carbonyl (C=O) groups is 1. The van der Waals surface area contributed by atoms with Crippen LogP contribution in [-0.4, -0.2) is 6.03 Å². The molecule has 30 heavy (non-hydrogen) atoms. The standard InChI is InChI=1S/C24H28N4O2/c1-15-8-5-6-10-19(15)20-12-18(4)23(13-17(20)3)30-14-21-16(2)9-7-11-22(21)26-24(29)27-28-25/h5-13,28H,14,25H2,1-4H3,(H2,26,27,29). The molecule has 0 aromatic heterocycles. The Bertz CT molecular complexity index is 1060. The van der Waals surface area contributed by atoms with Crippen LogP contribution in [-0.2, 0) is 6.61 Å². The van der Waals surface area contributed by atoms with Gasteiger partial charge in [0.15, 0.2) is 0 Å². The summed E-state index contributed by atoms with van der Waals surface area (Å²) in [5.41, 5.74) is 12.9. The molecule has 0 aliphatic rings. The lowest BCUT2D eigenvalue weighted by Crippen LogP contribution is -2.44. The smallest absolute Gasteiger partial charge is 0.334 e. The van der Waals surface area contributed by atoms with Gasteiger partial charge in [0.25, 0.3) is 0 Å². The van der Waals surface area contributed by atoms with Crippen LogP contribution in [0.2, 0.25) is 0 Å². The molecule has 6 nitrogen and oxygen atoms in total. The van der Waals surface area contributed by atoms with E-state index < -0.39 is 6.03 Å². The molecule has 6 heteroatoms. The minimum atomic E-state index is -0.445. The topological polar surface area (TPSA) is 88.4 Å². The van der Waals surface area contributed by atoms with Crippen molar-refractivity contribution in [2.24, 2.45) is 5.84 Å². The number of amides is 2. The molecule has 3 rings (SSSR count). The molecule has 2 amide bonds. The van der Waals surface area contributed by atoms with Crippen LogP contribution in [0.1, 0.15) is 27.8 Å². The third-order valence-electron chi connectivity index (χ3n) is 5.17. The number of anilines is 1. The zero-order valence-electron chi connectivity index (χ0n) is 17.8. The minimum Gasteiger partial charge on any atom is -0.489 e. The minimum absolute atomic E-state index is 0.336. The van der Waals surface area contributed by atoms with E-state index in [4.69, 9.17) is 10.6 Å². The average molecular weight is 405 g/mol. The van der Waals surface area contributed by atoms with E-state index in [9.17, 15) is 4.79 Å². The van der Waals surface area contributed by atoms with Gasteiger partial charge in [0.2, 0.25) is 0 Å². The summed E-state index contributed by atoms with van der Waals surface area (Å²) in [7, 11) is 0. The van der Waals surface area contributed by atoms with Crippen molar-refractivity contribution in [2.75, 3.05) is 5.32 Å². The number of hydrogen-bond donors (Lipinski definition) is 4. The van der Waals surface area contributed by atoms with Crippen molar-refractivity contribution in [3.05, 3.63) is 82.4 Å². The fourth-order valence-electron chi connectivity index (χ4n) is 3.49. The van der Waals surface area contributed by atoms with Gasteiger partial charge in [-0.05, 0) is 79.3 Å². The van der Waals surface area contributed by atoms with Gasteiger partial charge >= 0.3 is 6.03 Å². The van der Waals surface area contributed by atoms with E-state index in [1.54, 1.807) is 0 Å². The van der Waals surface area contributed by atoms with Crippen LogP contribution in [0.3, 0.4) is 0 Å². The molecule has 0 saturated carbocycles. The summed E-state index contributed by atoms with van der Waals surface area (Å²) in [6.07, 6.45) is 0. The van der Waals surface area contributed by atoms with Crippen LogP contribution in [0.5, 0.6) is 5.75 Å². The van der Waals surface area contributed by atoms with Gasteiger partial charge in [-0.1, -0.05) is 36.4 Å². The van der Waals surface area contributed by atoms with E-state index in [2.05, 4.69) is 66.5 Å². The van der Waals surface area contributed by atoms with Crippen molar-refractivity contribution in [3.8, 4) is 16.9 Å². The third kappa shape index (κ3) is 4.79. The predicted molar refractivity (Wildman–Crippen MR) is 121 cm³/mol. The highest BCUT2D eigenvalue weighted by molar-refractivity contribution is 5.89. The number of hydrazine groups is 2. The zero-order valence-corrected chi connectivity index (χ0v) is 17.8. The first-order valence-corrected chi connectivity index (χ1v) is 9.82. The molecule has 0 atom stereocenters. The lowest BCUT2D eigenvalue weighted by Gasteiger charge is -2.18. The summed E-state index contributed by atoms with van der Waals surface area (Å²) in [5, 5.41) is 2.78. The van der Waals surface area contributed by atoms with E-state index >= 15 is 0 Å². The molecule has 0 aliphatic carbocycles. The number of rotatable bonds is 6. The van der Waals surface area contributed by atoms with Crippen molar-refractivity contribution in [1.29, 1.82) is 0 Å². The summed E-state index contributed by atoms with van der Waals surface area (Å²) in [6.45, 7) is 8.59. The molecule has 0 aliphatic heterocycles. The fraction of sp³-hybridized carbons (Fsp3) is 0.208. The monoisotopic (exact) mass is 404 g/mol. The Hall–Kier alpha value is -3.35. The van der Waals surface area contributed by atoms with Crippen LogP contribution in [0, 0.1) is 27.7 Å². The lowest BCUT2D eigenvalue weighted by molar-refractivity contribution is 0.248. The number of ether oxygens (including phenoxy) is 1. The Morgan fingerprint density at radius 1 is 0.867 bits per heavy atom. The number of nitrogens with two attached hydrogens (primary N) is 1. The van der Waals surface area contributed by atoms with Crippen LogP contribution >= 0.6 is 0 Å². The lowest BCUT2D eigenvalue weighted by atomic mass is 9.95. The highest BCUT2D eigenvalue weighted by atomic mass is 16.5. The highest BCUT2D eigenvalue weighted by Crippen LogP contribution is 2.33. The maximum absolute atomic E-state index is 11.8. The second kappa shape index (κ2) is 9.43. The summed E-state index contributed by atoms with van der Waals surface area (Å²) in [6, 6.07) is 17.9. The molecule has 0 bridgehead atoms. The van der Waals surface area contributed by atoms with Crippen LogP contribution in [0.4, 0.5) is 10.5 Å². The molecule has 0 heterocycles. The van der Waals surface area contributed by atoms with Crippen molar-refractivity contribution in [2.45, 2.75) is 34.3 Å². The molecule has 156 valence electrons. The zero-order chi connectivity index (χ0) is 21.7. The molecule has 3 aromatic rings. The van der Waals surface area contributed by atoms with Gasteiger partial charge in [-0.25, -0.2) is 4.79 Å². The number of aryl methyl sites for hydroxylation is 4. The van der Waals surface area contributed by atoms with Gasteiger partial charge < -0.3 is 10.1 Å². The van der Waals surface area contributed by atoms with Gasteiger partial charge in [-0.15, -0.1) is 0 Å². The Morgan fingerprint density at radius 3 is 2.33 bits per heavy atom. The van der Waals surface area contributed by atoms with Crippen molar-refractivity contribution >= 4 is 11.7 Å². The molecule has 3 aromatic carbocycles. The maximum atomic E-state index is 11.8. The molecule has 0 saturated heterocycles. The van der Waals surface area contributed by atoms with Gasteiger partial charge in [-0.3, -0.25) is 11.3 Å². The van der Waals surface area contributed by atoms with Gasteiger partial charge in [0.1, 0.15) is 12.4 Å². The molecule has 0 fully saturated rings. The van der Waals surface area contributed by atoms with Gasteiger partial charge in [0, 0.05) is 11.3 Å². The highest BCUT2D eigenvalue weighted by Gasteiger charge is 2.13. The summed E-state index contributed by atoms with van der Waals surface area (Å²) < 4.78 is 6.18.